The third kappa shape index (κ3) is 5.20. The summed E-state index contributed by atoms with van der Waals surface area (Å²) >= 11 is 4.25. The van der Waals surface area contributed by atoms with Gasteiger partial charge >= 0.3 is 30.0 Å². The maximum absolute atomic E-state index is 5.63. The molecule has 0 atom stereocenters. The molecule has 0 heterocycles. The second kappa shape index (κ2) is 9.12. The van der Waals surface area contributed by atoms with Gasteiger partial charge in [-0.2, -0.15) is 30.3 Å². The first-order valence-electron chi connectivity index (χ1n) is 5.37. The Labute approximate surface area is 124 Å². The van der Waals surface area contributed by atoms with Gasteiger partial charge < -0.3 is 9.47 Å². The summed E-state index contributed by atoms with van der Waals surface area (Å²) in [7, 11) is 1.64. The van der Waals surface area contributed by atoms with Gasteiger partial charge in [0.05, 0.1) is 13.7 Å². The van der Waals surface area contributed by atoms with Gasteiger partial charge in [0.2, 0.25) is 0 Å². The third-order valence-electron chi connectivity index (χ3n) is 2.22. The van der Waals surface area contributed by atoms with Gasteiger partial charge in [-0.15, -0.1) is 5.56 Å². The Bertz CT molecular complexity index is 449. The fraction of sp³-hybridized carbons (Fsp3) is 0.143. The summed E-state index contributed by atoms with van der Waals surface area (Å²) < 4.78 is 10.8. The van der Waals surface area contributed by atoms with Crippen molar-refractivity contribution in [2.24, 2.45) is 0 Å². The molecule has 4 heteroatoms. The van der Waals surface area contributed by atoms with E-state index in [-0.39, 0.29) is 0 Å². The minimum absolute atomic E-state index is 0.546. The molecule has 0 aliphatic rings. The Morgan fingerprint density at radius 2 is 1.94 bits per heavy atom. The molecule has 0 radical (unpaired) electrons. The van der Waals surface area contributed by atoms with Crippen molar-refractivity contribution < 1.29 is 25.8 Å². The van der Waals surface area contributed by atoms with Gasteiger partial charge in [-0.05, 0) is 12.1 Å². The van der Waals surface area contributed by atoms with Crippen molar-refractivity contribution >= 4 is 13.6 Å². The van der Waals surface area contributed by atoms with Gasteiger partial charge in [0.1, 0.15) is 11.5 Å². The van der Waals surface area contributed by atoms with E-state index >= 15 is 0 Å². The van der Waals surface area contributed by atoms with Crippen LogP contribution in [0.1, 0.15) is 5.56 Å². The van der Waals surface area contributed by atoms with Crippen LogP contribution in [0.2, 0.25) is 0 Å². The van der Waals surface area contributed by atoms with Crippen LogP contribution in [0.3, 0.4) is 0 Å². The SMILES string of the molecule is COc1cccc(OCc2c[c-]ccc2)c1.[Zn+][Br]. The molecule has 0 bridgehead atoms. The summed E-state index contributed by atoms with van der Waals surface area (Å²) in [5.41, 5.74) is 1.10. The summed E-state index contributed by atoms with van der Waals surface area (Å²) in [5, 5.41) is 0. The molecule has 0 aliphatic carbocycles. The number of benzene rings is 2. The van der Waals surface area contributed by atoms with Gasteiger partial charge in [-0.3, -0.25) is 0 Å². The molecule has 90 valence electrons. The van der Waals surface area contributed by atoms with Crippen LogP contribution < -0.4 is 9.47 Å². The van der Waals surface area contributed by atoms with Gasteiger partial charge in [0.25, 0.3) is 0 Å². The molecule has 2 nitrogen and oxygen atoms in total. The van der Waals surface area contributed by atoms with E-state index in [1.54, 1.807) is 7.11 Å². The molecule has 0 aliphatic heterocycles. The van der Waals surface area contributed by atoms with Crippen molar-refractivity contribution in [2.45, 2.75) is 6.61 Å². The summed E-state index contributed by atoms with van der Waals surface area (Å²) in [4.78, 5) is 0. The molecule has 2 rings (SSSR count). The first-order chi connectivity index (χ1) is 8.88. The topological polar surface area (TPSA) is 18.5 Å². The van der Waals surface area contributed by atoms with E-state index < -0.39 is 0 Å². The number of halogens is 1. The predicted molar refractivity (Wildman–Crippen MR) is 71.5 cm³/mol. The monoisotopic (exact) mass is 356 g/mol. The van der Waals surface area contributed by atoms with Crippen molar-refractivity contribution in [3.8, 4) is 11.5 Å². The summed E-state index contributed by atoms with van der Waals surface area (Å²) in [5.74, 6) is 1.61. The quantitative estimate of drug-likeness (QED) is 0.609. The van der Waals surface area contributed by atoms with Gasteiger partial charge in [0.15, 0.2) is 0 Å². The van der Waals surface area contributed by atoms with Crippen LogP contribution in [0.15, 0.2) is 48.5 Å². The van der Waals surface area contributed by atoms with E-state index in [4.69, 9.17) is 9.47 Å². The van der Waals surface area contributed by atoms with E-state index in [2.05, 4.69) is 19.7 Å². The van der Waals surface area contributed by atoms with E-state index in [0.717, 1.165) is 17.1 Å². The number of methoxy groups -OCH3 is 1. The van der Waals surface area contributed by atoms with Crippen LogP contribution in [0.4, 0.5) is 0 Å². The summed E-state index contributed by atoms with van der Waals surface area (Å²) in [6, 6.07) is 18.3. The zero-order valence-electron chi connectivity index (χ0n) is 10.2. The fourth-order valence-corrected chi connectivity index (χ4v) is 1.38. The van der Waals surface area contributed by atoms with E-state index in [9.17, 15) is 0 Å². The van der Waals surface area contributed by atoms with Gasteiger partial charge in [-0.1, -0.05) is 6.07 Å². The fourth-order valence-electron chi connectivity index (χ4n) is 1.38. The zero-order valence-corrected chi connectivity index (χ0v) is 14.8. The first-order valence-corrected chi connectivity index (χ1v) is 12.3. The normalized spacial score (nSPS) is 9.11. The van der Waals surface area contributed by atoms with Crippen LogP contribution >= 0.6 is 13.6 Å². The summed E-state index contributed by atoms with van der Waals surface area (Å²) in [6.07, 6.45) is 0. The summed E-state index contributed by atoms with van der Waals surface area (Å²) in [6.45, 7) is 0.546. The molecule has 0 spiro atoms. The maximum atomic E-state index is 5.63. The first kappa shape index (κ1) is 15.2. The Morgan fingerprint density at radius 1 is 1.17 bits per heavy atom. The van der Waals surface area contributed by atoms with Gasteiger partial charge in [0, 0.05) is 6.07 Å². The van der Waals surface area contributed by atoms with Crippen molar-refractivity contribution in [3.63, 3.8) is 0 Å². The molecule has 0 aromatic heterocycles. The van der Waals surface area contributed by atoms with Crippen LogP contribution in [0.25, 0.3) is 0 Å². The number of rotatable bonds is 4. The molecule has 0 saturated heterocycles. The molecule has 2 aromatic rings. The second-order valence-corrected chi connectivity index (χ2v) is 3.38. The number of hydrogen-bond acceptors (Lipinski definition) is 2. The molecule has 0 unspecified atom stereocenters. The van der Waals surface area contributed by atoms with Crippen LogP contribution in [-0.2, 0) is 22.9 Å². The van der Waals surface area contributed by atoms with Crippen LogP contribution in [0.5, 0.6) is 11.5 Å². The van der Waals surface area contributed by atoms with Crippen molar-refractivity contribution in [3.05, 3.63) is 60.2 Å². The number of hydrogen-bond donors (Lipinski definition) is 0. The predicted octanol–water partition coefficient (Wildman–Crippen LogP) is 3.92. The average molecular weight is 359 g/mol. The van der Waals surface area contributed by atoms with E-state index in [1.807, 2.05) is 48.5 Å². The number of ether oxygens (including phenoxy) is 2. The second-order valence-electron chi connectivity index (χ2n) is 3.38. The molecule has 2 aromatic carbocycles. The molecule has 0 fully saturated rings. The Morgan fingerprint density at radius 3 is 2.61 bits per heavy atom. The minimum atomic E-state index is 0.546. The molecule has 0 N–H and O–H groups in total. The van der Waals surface area contributed by atoms with Crippen LogP contribution in [0, 0.1) is 6.07 Å². The average Bonchev–Trinajstić information content (AvgIpc) is 2.48. The third-order valence-corrected chi connectivity index (χ3v) is 2.22. The molecular formula is C14H13BrO2Zn. The zero-order chi connectivity index (χ0) is 13.2. The van der Waals surface area contributed by atoms with Crippen molar-refractivity contribution in [1.82, 2.24) is 0 Å². The van der Waals surface area contributed by atoms with E-state index in [1.165, 1.54) is 16.3 Å². The van der Waals surface area contributed by atoms with Crippen LogP contribution in [-0.4, -0.2) is 7.11 Å². The standard InChI is InChI=1S/C14H13O2.BrH.Zn/c1-15-13-8-5-9-14(10-13)16-11-12-6-3-2-4-7-12;;/h2-3,5-10H,11H2,1H3;1H;/q-1;;+2/p-1. The van der Waals surface area contributed by atoms with E-state index in [0.29, 0.717) is 6.61 Å². The molecule has 0 amide bonds. The molecule has 0 saturated carbocycles. The Balaban J connectivity index is 0.000000771. The van der Waals surface area contributed by atoms with Crippen molar-refractivity contribution in [2.75, 3.05) is 7.11 Å². The van der Waals surface area contributed by atoms with Crippen molar-refractivity contribution in [1.29, 1.82) is 0 Å². The van der Waals surface area contributed by atoms with Gasteiger partial charge in [-0.25, -0.2) is 0 Å². The Hall–Kier alpha value is -0.857. The molecule has 18 heavy (non-hydrogen) atoms. The molecular weight excluding hydrogens is 345 g/mol. The Kier molecular flexibility index (Phi) is 7.71.